The van der Waals surface area contributed by atoms with Crippen molar-refractivity contribution in [2.24, 2.45) is 11.7 Å². The van der Waals surface area contributed by atoms with Gasteiger partial charge in [0.2, 0.25) is 5.91 Å². The van der Waals surface area contributed by atoms with Crippen LogP contribution in [0.3, 0.4) is 0 Å². The van der Waals surface area contributed by atoms with Gasteiger partial charge in [0.25, 0.3) is 0 Å². The van der Waals surface area contributed by atoms with Gasteiger partial charge < -0.3 is 16.4 Å². The Balaban J connectivity index is 0.000000292. The van der Waals surface area contributed by atoms with E-state index in [1.165, 1.54) is 0 Å². The number of nitrogens with one attached hydrogen (secondary N) is 2. The summed E-state index contributed by atoms with van der Waals surface area (Å²) >= 11 is 0. The Hall–Kier alpha value is -0.610. The average molecular weight is 201 g/mol. The summed E-state index contributed by atoms with van der Waals surface area (Å²) in [5, 5.41) is 6.23. The maximum atomic E-state index is 10.5. The van der Waals surface area contributed by atoms with Crippen LogP contribution in [-0.4, -0.2) is 32.1 Å². The van der Waals surface area contributed by atoms with Crippen molar-refractivity contribution in [1.29, 1.82) is 0 Å². The van der Waals surface area contributed by atoms with Crippen molar-refractivity contribution < 1.29 is 4.79 Å². The van der Waals surface area contributed by atoms with E-state index in [0.717, 1.165) is 39.0 Å². The van der Waals surface area contributed by atoms with E-state index in [0.29, 0.717) is 0 Å². The van der Waals surface area contributed by atoms with Gasteiger partial charge in [0.1, 0.15) is 0 Å². The highest BCUT2D eigenvalue weighted by atomic mass is 16.1. The minimum atomic E-state index is -0.165. The Kier molecular flexibility index (Phi) is 8.57. The molecular formula is C10H23N3O. The molecule has 84 valence electrons. The van der Waals surface area contributed by atoms with Crippen LogP contribution in [0.5, 0.6) is 0 Å². The third-order valence-corrected chi connectivity index (χ3v) is 2.20. The Morgan fingerprint density at radius 2 is 2.14 bits per heavy atom. The summed E-state index contributed by atoms with van der Waals surface area (Å²) in [6.07, 6.45) is 2.04. The maximum Gasteiger partial charge on any atom is 0.221 e. The highest BCUT2D eigenvalue weighted by molar-refractivity contribution is 5.76. The van der Waals surface area contributed by atoms with Gasteiger partial charge in [-0.05, 0) is 32.5 Å². The molecule has 0 saturated carbocycles. The summed E-state index contributed by atoms with van der Waals surface area (Å²) in [4.78, 5) is 10.5. The molecule has 4 N–H and O–H groups in total. The molecule has 0 aromatic carbocycles. The Morgan fingerprint density at radius 1 is 1.50 bits per heavy atom. The summed E-state index contributed by atoms with van der Waals surface area (Å²) in [7, 11) is 0. The minimum absolute atomic E-state index is 0.0822. The minimum Gasteiger partial charge on any atom is -0.369 e. The van der Waals surface area contributed by atoms with E-state index in [2.05, 4.69) is 24.5 Å². The zero-order valence-corrected chi connectivity index (χ0v) is 9.31. The molecular weight excluding hydrogens is 178 g/mol. The van der Waals surface area contributed by atoms with Crippen LogP contribution in [0.4, 0.5) is 0 Å². The molecule has 4 nitrogen and oxygen atoms in total. The predicted molar refractivity (Wildman–Crippen MR) is 59.0 cm³/mol. The molecule has 1 aliphatic rings. The topological polar surface area (TPSA) is 67.1 Å². The van der Waals surface area contributed by atoms with E-state index < -0.39 is 0 Å². The molecule has 1 atom stereocenters. The van der Waals surface area contributed by atoms with Crippen molar-refractivity contribution in [1.82, 2.24) is 10.6 Å². The molecule has 0 radical (unpaired) electrons. The van der Waals surface area contributed by atoms with Crippen molar-refractivity contribution in [2.75, 3.05) is 26.2 Å². The zero-order valence-electron chi connectivity index (χ0n) is 9.31. The van der Waals surface area contributed by atoms with E-state index >= 15 is 0 Å². The van der Waals surface area contributed by atoms with Gasteiger partial charge in [-0.15, -0.1) is 0 Å². The molecule has 1 unspecified atom stereocenters. The van der Waals surface area contributed by atoms with Gasteiger partial charge in [0, 0.05) is 6.54 Å². The van der Waals surface area contributed by atoms with Crippen molar-refractivity contribution in [3.8, 4) is 0 Å². The molecule has 1 rings (SSSR count). The Morgan fingerprint density at radius 3 is 2.36 bits per heavy atom. The summed E-state index contributed by atoms with van der Waals surface area (Å²) in [5.74, 6) is -0.0825. The van der Waals surface area contributed by atoms with Gasteiger partial charge in [-0.25, -0.2) is 0 Å². The number of nitrogens with two attached hydrogens (primary N) is 1. The van der Waals surface area contributed by atoms with E-state index in [1.54, 1.807) is 0 Å². The first-order valence-electron chi connectivity index (χ1n) is 5.43. The summed E-state index contributed by atoms with van der Waals surface area (Å²) in [6, 6.07) is 0. The number of primary amides is 1. The number of hydrogen-bond acceptors (Lipinski definition) is 3. The van der Waals surface area contributed by atoms with Gasteiger partial charge in [-0.3, -0.25) is 4.79 Å². The van der Waals surface area contributed by atoms with Crippen LogP contribution < -0.4 is 16.4 Å². The maximum absolute atomic E-state index is 10.5. The number of rotatable bonds is 3. The standard InChI is InChI=1S/C6H12N2O.C4H11N/c7-6(9)5-2-1-3-8-4-5;1-3-5-4-2/h5,8H,1-4H2,(H2,7,9);5H,3-4H2,1-2H3. The van der Waals surface area contributed by atoms with Gasteiger partial charge in [-0.1, -0.05) is 13.8 Å². The van der Waals surface area contributed by atoms with Crippen LogP contribution in [-0.2, 0) is 4.79 Å². The molecule has 0 aromatic heterocycles. The first kappa shape index (κ1) is 13.4. The van der Waals surface area contributed by atoms with E-state index in [4.69, 9.17) is 5.73 Å². The van der Waals surface area contributed by atoms with Crippen LogP contribution in [0.25, 0.3) is 0 Å². The Bertz CT molecular complexity index is 142. The molecule has 1 heterocycles. The molecule has 1 aliphatic heterocycles. The molecule has 4 heteroatoms. The molecule has 1 amide bonds. The lowest BCUT2D eigenvalue weighted by Gasteiger charge is -2.18. The Labute approximate surface area is 86.6 Å². The van der Waals surface area contributed by atoms with Crippen LogP contribution in [0.2, 0.25) is 0 Å². The monoisotopic (exact) mass is 201 g/mol. The van der Waals surface area contributed by atoms with Crippen LogP contribution in [0, 0.1) is 5.92 Å². The largest absolute Gasteiger partial charge is 0.369 e. The second kappa shape index (κ2) is 8.97. The van der Waals surface area contributed by atoms with E-state index in [9.17, 15) is 4.79 Å². The summed E-state index contributed by atoms with van der Waals surface area (Å²) in [6.45, 7) is 8.19. The molecule has 1 saturated heterocycles. The van der Waals surface area contributed by atoms with Gasteiger partial charge >= 0.3 is 0 Å². The second-order valence-corrected chi connectivity index (χ2v) is 3.40. The third-order valence-electron chi connectivity index (χ3n) is 2.20. The fourth-order valence-electron chi connectivity index (χ4n) is 1.34. The lowest BCUT2D eigenvalue weighted by Crippen LogP contribution is -2.37. The third kappa shape index (κ3) is 6.86. The predicted octanol–water partition coefficient (Wildman–Crippen LogP) is 0.0871. The molecule has 1 fully saturated rings. The van der Waals surface area contributed by atoms with Crippen molar-refractivity contribution in [2.45, 2.75) is 26.7 Å². The highest BCUT2D eigenvalue weighted by Crippen LogP contribution is 2.07. The molecule has 0 bridgehead atoms. The van der Waals surface area contributed by atoms with Crippen molar-refractivity contribution in [3.05, 3.63) is 0 Å². The zero-order chi connectivity index (χ0) is 10.8. The lowest BCUT2D eigenvalue weighted by molar-refractivity contribution is -0.122. The number of amides is 1. The molecule has 14 heavy (non-hydrogen) atoms. The van der Waals surface area contributed by atoms with Crippen LogP contribution >= 0.6 is 0 Å². The number of piperidine rings is 1. The van der Waals surface area contributed by atoms with Crippen LogP contribution in [0.15, 0.2) is 0 Å². The molecule has 0 aromatic rings. The van der Waals surface area contributed by atoms with Gasteiger partial charge in [0.05, 0.1) is 5.92 Å². The first-order chi connectivity index (χ1) is 6.72. The quantitative estimate of drug-likeness (QED) is 0.606. The fourth-order valence-corrected chi connectivity index (χ4v) is 1.34. The molecule has 0 spiro atoms. The average Bonchev–Trinajstić information content (AvgIpc) is 2.21. The number of hydrogen-bond donors (Lipinski definition) is 3. The van der Waals surface area contributed by atoms with E-state index in [1.807, 2.05) is 0 Å². The smallest absolute Gasteiger partial charge is 0.221 e. The normalized spacial score (nSPS) is 20.9. The molecule has 0 aliphatic carbocycles. The SMILES string of the molecule is CCNCC.NC(=O)C1CCCNC1. The second-order valence-electron chi connectivity index (χ2n) is 3.40. The highest BCUT2D eigenvalue weighted by Gasteiger charge is 2.17. The number of carbonyl (C=O) groups excluding carboxylic acids is 1. The van der Waals surface area contributed by atoms with Gasteiger partial charge in [0.15, 0.2) is 0 Å². The summed E-state index contributed by atoms with van der Waals surface area (Å²) in [5.41, 5.74) is 5.09. The summed E-state index contributed by atoms with van der Waals surface area (Å²) < 4.78 is 0. The van der Waals surface area contributed by atoms with Crippen molar-refractivity contribution in [3.63, 3.8) is 0 Å². The van der Waals surface area contributed by atoms with E-state index in [-0.39, 0.29) is 11.8 Å². The first-order valence-corrected chi connectivity index (χ1v) is 5.43. The van der Waals surface area contributed by atoms with Crippen LogP contribution in [0.1, 0.15) is 26.7 Å². The lowest BCUT2D eigenvalue weighted by atomic mass is 9.99. The number of carbonyl (C=O) groups is 1. The van der Waals surface area contributed by atoms with Crippen molar-refractivity contribution >= 4 is 5.91 Å². The fraction of sp³-hybridized carbons (Fsp3) is 0.900. The van der Waals surface area contributed by atoms with Gasteiger partial charge in [-0.2, -0.15) is 0 Å².